The summed E-state index contributed by atoms with van der Waals surface area (Å²) in [7, 11) is 0. The number of amides is 3. The molecule has 6 heteroatoms. The van der Waals surface area contributed by atoms with Gasteiger partial charge in [0.1, 0.15) is 0 Å². The number of nitrogens with one attached hydrogen (secondary N) is 1. The monoisotopic (exact) mass is 242 g/mol. The van der Waals surface area contributed by atoms with Crippen LogP contribution in [0.2, 0.25) is 0 Å². The van der Waals surface area contributed by atoms with Gasteiger partial charge in [0.25, 0.3) is 0 Å². The highest BCUT2D eigenvalue weighted by Crippen LogP contribution is 2.18. The molecule has 0 aromatic rings. The van der Waals surface area contributed by atoms with Crippen molar-refractivity contribution in [3.63, 3.8) is 0 Å². The van der Waals surface area contributed by atoms with Crippen LogP contribution in [0, 0.1) is 5.92 Å². The van der Waals surface area contributed by atoms with Crippen LogP contribution in [-0.2, 0) is 4.79 Å². The maximum Gasteiger partial charge on any atom is 0.312 e. The summed E-state index contributed by atoms with van der Waals surface area (Å²) in [6.07, 6.45) is 1.93. The number of nitrogens with two attached hydrogens (primary N) is 2. The Labute approximate surface area is 102 Å². The highest BCUT2D eigenvalue weighted by Gasteiger charge is 2.31. The molecule has 0 saturated carbocycles. The van der Waals surface area contributed by atoms with E-state index >= 15 is 0 Å². The highest BCUT2D eigenvalue weighted by atomic mass is 16.2. The summed E-state index contributed by atoms with van der Waals surface area (Å²) < 4.78 is 0. The van der Waals surface area contributed by atoms with Crippen molar-refractivity contribution in [2.24, 2.45) is 17.4 Å². The lowest BCUT2D eigenvalue weighted by atomic mass is 9.95. The number of hydrogen-bond donors (Lipinski definition) is 3. The topological polar surface area (TPSA) is 101 Å². The van der Waals surface area contributed by atoms with Gasteiger partial charge in [-0.2, -0.15) is 0 Å². The number of nitrogens with zero attached hydrogens (tertiary/aromatic N) is 1. The van der Waals surface area contributed by atoms with Crippen molar-refractivity contribution in [3.05, 3.63) is 0 Å². The molecule has 1 fully saturated rings. The van der Waals surface area contributed by atoms with Gasteiger partial charge in [0.05, 0.1) is 5.54 Å². The fraction of sp³-hybridized carbons (Fsp3) is 0.818. The first-order chi connectivity index (χ1) is 7.80. The second kappa shape index (κ2) is 5.35. The third kappa shape index (κ3) is 4.22. The third-order valence-corrected chi connectivity index (χ3v) is 2.92. The largest absolute Gasteiger partial charge is 0.352 e. The van der Waals surface area contributed by atoms with Crippen LogP contribution in [0.4, 0.5) is 4.79 Å². The molecule has 0 aliphatic carbocycles. The smallest absolute Gasteiger partial charge is 0.312 e. The molecular formula is C11H22N4O2. The zero-order valence-electron chi connectivity index (χ0n) is 10.5. The average Bonchev–Trinajstić information content (AvgIpc) is 2.24. The summed E-state index contributed by atoms with van der Waals surface area (Å²) in [6.45, 7) is 5.32. The Morgan fingerprint density at radius 3 is 2.65 bits per heavy atom. The fourth-order valence-electron chi connectivity index (χ4n) is 2.07. The number of carbonyl (C=O) groups excluding carboxylic acids is 2. The van der Waals surface area contributed by atoms with Gasteiger partial charge in [-0.25, -0.2) is 4.79 Å². The van der Waals surface area contributed by atoms with Gasteiger partial charge in [0.2, 0.25) is 5.91 Å². The van der Waals surface area contributed by atoms with Crippen LogP contribution in [0.5, 0.6) is 0 Å². The van der Waals surface area contributed by atoms with Gasteiger partial charge in [-0.1, -0.05) is 0 Å². The van der Waals surface area contributed by atoms with Gasteiger partial charge in [0, 0.05) is 19.6 Å². The van der Waals surface area contributed by atoms with Crippen molar-refractivity contribution in [2.45, 2.75) is 32.2 Å². The van der Waals surface area contributed by atoms with E-state index in [0.29, 0.717) is 13.1 Å². The van der Waals surface area contributed by atoms with Crippen LogP contribution in [0.15, 0.2) is 0 Å². The van der Waals surface area contributed by atoms with E-state index in [9.17, 15) is 9.59 Å². The fourth-order valence-corrected chi connectivity index (χ4v) is 2.07. The first-order valence-electron chi connectivity index (χ1n) is 5.92. The predicted octanol–water partition coefficient (Wildman–Crippen LogP) is -0.369. The minimum atomic E-state index is -0.834. The van der Waals surface area contributed by atoms with E-state index in [1.807, 2.05) is 0 Å². The van der Waals surface area contributed by atoms with Crippen LogP contribution in [0.25, 0.3) is 0 Å². The van der Waals surface area contributed by atoms with Crippen molar-refractivity contribution < 1.29 is 9.59 Å². The number of carbonyl (C=O) groups is 2. The Morgan fingerprint density at radius 2 is 2.12 bits per heavy atom. The number of primary amides is 1. The van der Waals surface area contributed by atoms with Crippen molar-refractivity contribution in [1.82, 2.24) is 10.2 Å². The molecule has 98 valence electrons. The maximum atomic E-state index is 12.0. The Kier molecular flexibility index (Phi) is 4.34. The SMILES string of the molecule is CC(C)(N)C(=O)N1CCCC(CNC(N)=O)C1. The van der Waals surface area contributed by atoms with E-state index in [-0.39, 0.29) is 11.8 Å². The van der Waals surface area contributed by atoms with Gasteiger partial charge in [-0.15, -0.1) is 0 Å². The minimum absolute atomic E-state index is 0.0405. The lowest BCUT2D eigenvalue weighted by molar-refractivity contribution is -0.137. The van der Waals surface area contributed by atoms with E-state index in [4.69, 9.17) is 11.5 Å². The second-order valence-electron chi connectivity index (χ2n) is 5.23. The summed E-state index contributed by atoms with van der Waals surface area (Å²) in [5.41, 5.74) is 9.98. The van der Waals surface area contributed by atoms with Crippen molar-refractivity contribution >= 4 is 11.9 Å². The zero-order valence-corrected chi connectivity index (χ0v) is 10.5. The molecule has 1 atom stereocenters. The Morgan fingerprint density at radius 1 is 1.47 bits per heavy atom. The van der Waals surface area contributed by atoms with E-state index in [1.54, 1.807) is 18.7 Å². The molecule has 0 aromatic carbocycles. The molecule has 0 spiro atoms. The normalized spacial score (nSPS) is 21.1. The second-order valence-corrected chi connectivity index (χ2v) is 5.23. The molecule has 1 aliphatic rings. The quantitative estimate of drug-likeness (QED) is 0.629. The summed E-state index contributed by atoms with van der Waals surface area (Å²) >= 11 is 0. The van der Waals surface area contributed by atoms with Crippen molar-refractivity contribution in [3.8, 4) is 0 Å². The third-order valence-electron chi connectivity index (χ3n) is 2.92. The van der Waals surface area contributed by atoms with Crippen LogP contribution < -0.4 is 16.8 Å². The Bertz CT molecular complexity index is 298. The Hall–Kier alpha value is -1.30. The summed E-state index contributed by atoms with van der Waals surface area (Å²) in [5.74, 6) is 0.226. The summed E-state index contributed by atoms with van der Waals surface area (Å²) in [6, 6.07) is -0.521. The molecule has 1 heterocycles. The van der Waals surface area contributed by atoms with E-state index < -0.39 is 11.6 Å². The van der Waals surface area contributed by atoms with E-state index in [2.05, 4.69) is 5.32 Å². The lowest BCUT2D eigenvalue weighted by Gasteiger charge is -2.36. The van der Waals surface area contributed by atoms with Gasteiger partial charge in [0.15, 0.2) is 0 Å². The average molecular weight is 242 g/mol. The number of likely N-dealkylation sites (tertiary alicyclic amines) is 1. The predicted molar refractivity (Wildman–Crippen MR) is 65.2 cm³/mol. The van der Waals surface area contributed by atoms with Crippen LogP contribution in [0.3, 0.4) is 0 Å². The Balaban J connectivity index is 2.49. The van der Waals surface area contributed by atoms with Crippen LogP contribution in [-0.4, -0.2) is 42.0 Å². The number of rotatable bonds is 3. The molecule has 1 unspecified atom stereocenters. The molecule has 1 rings (SSSR count). The maximum absolute atomic E-state index is 12.0. The highest BCUT2D eigenvalue weighted by molar-refractivity contribution is 5.85. The molecule has 1 aliphatic heterocycles. The van der Waals surface area contributed by atoms with E-state index in [0.717, 1.165) is 19.4 Å². The zero-order chi connectivity index (χ0) is 13.1. The summed E-state index contributed by atoms with van der Waals surface area (Å²) in [4.78, 5) is 24.4. The molecule has 1 saturated heterocycles. The number of hydrogen-bond acceptors (Lipinski definition) is 3. The van der Waals surface area contributed by atoms with Gasteiger partial charge in [-0.3, -0.25) is 4.79 Å². The molecule has 3 amide bonds. The molecule has 6 nitrogen and oxygen atoms in total. The van der Waals surface area contributed by atoms with Gasteiger partial charge >= 0.3 is 6.03 Å². The minimum Gasteiger partial charge on any atom is -0.352 e. The molecule has 0 aromatic heterocycles. The van der Waals surface area contributed by atoms with Gasteiger partial charge in [-0.05, 0) is 32.6 Å². The first kappa shape index (κ1) is 13.8. The molecule has 5 N–H and O–H groups in total. The summed E-state index contributed by atoms with van der Waals surface area (Å²) in [5, 5.41) is 2.58. The van der Waals surface area contributed by atoms with Crippen LogP contribution in [0.1, 0.15) is 26.7 Å². The van der Waals surface area contributed by atoms with E-state index in [1.165, 1.54) is 0 Å². The van der Waals surface area contributed by atoms with Gasteiger partial charge < -0.3 is 21.7 Å². The molecule has 17 heavy (non-hydrogen) atoms. The standard InChI is InChI=1S/C11H22N4O2/c1-11(2,13)9(16)15-5-3-4-8(7-15)6-14-10(12)17/h8H,3-7,13H2,1-2H3,(H3,12,14,17). The first-order valence-corrected chi connectivity index (χ1v) is 5.92. The lowest BCUT2D eigenvalue weighted by Crippen LogP contribution is -2.54. The number of urea groups is 1. The molecule has 0 bridgehead atoms. The molecule has 0 radical (unpaired) electrons. The van der Waals surface area contributed by atoms with Crippen molar-refractivity contribution in [1.29, 1.82) is 0 Å². The molecular weight excluding hydrogens is 220 g/mol. The van der Waals surface area contributed by atoms with Crippen LogP contribution >= 0.6 is 0 Å². The number of piperidine rings is 1. The van der Waals surface area contributed by atoms with Crippen molar-refractivity contribution in [2.75, 3.05) is 19.6 Å².